The molecule has 0 fully saturated rings. The molecule has 0 unspecified atom stereocenters. The van der Waals surface area contributed by atoms with Gasteiger partial charge in [0.25, 0.3) is 0 Å². The van der Waals surface area contributed by atoms with Crippen molar-refractivity contribution in [1.82, 2.24) is 4.98 Å². The van der Waals surface area contributed by atoms with Crippen LogP contribution in [0.25, 0.3) is 0 Å². The standard InChI is InChI=1S/C43H69N2.C5H4ClN.2ClH.Pd/c1-9-19-34(20-10-2)38-27-17-28-39(35(21-11-3)22-12-4)42(38)44-31-32-45(33-44)43-40(36(23-13-5)24-14-6)29-18-30-41(43)37(25-15-7)26-16-8;6-5-2-1-3-7-4-5;;;/h17-18,27-37H,9-16,19-26H2,1-8H3;1-4H;2*1H;/q-1;;;;+2/p-2. The monoisotopic (exact) mass is 902 g/mol. The van der Waals surface area contributed by atoms with Gasteiger partial charge in [0.05, 0.1) is 5.02 Å². The third kappa shape index (κ3) is 16.0. The van der Waals surface area contributed by atoms with Gasteiger partial charge in [0.1, 0.15) is 0 Å². The quantitative estimate of drug-likeness (QED) is 0.0740. The van der Waals surface area contributed by atoms with Crippen molar-refractivity contribution in [3.63, 3.8) is 0 Å². The summed E-state index contributed by atoms with van der Waals surface area (Å²) in [7, 11) is 9.63. The third-order valence-electron chi connectivity index (χ3n) is 10.8. The number of benzene rings is 2. The predicted molar refractivity (Wildman–Crippen MR) is 242 cm³/mol. The molecular weight excluding hydrogens is 831 g/mol. The van der Waals surface area contributed by atoms with E-state index in [4.69, 9.17) is 30.7 Å². The first-order valence-corrected chi connectivity index (χ1v) is 25.9. The Labute approximate surface area is 359 Å². The molecule has 1 aliphatic rings. The fourth-order valence-corrected chi connectivity index (χ4v) is 8.77. The van der Waals surface area contributed by atoms with Crippen LogP contribution >= 0.6 is 30.7 Å². The van der Waals surface area contributed by atoms with E-state index in [2.05, 4.69) is 126 Å². The van der Waals surface area contributed by atoms with E-state index < -0.39 is 0 Å². The molecular formula is C48H73Cl3N3Pd-. The van der Waals surface area contributed by atoms with Gasteiger partial charge in [0, 0.05) is 23.8 Å². The summed E-state index contributed by atoms with van der Waals surface area (Å²) >= 11 is 5.37. The zero-order valence-electron chi connectivity index (χ0n) is 35.4. The van der Waals surface area contributed by atoms with Gasteiger partial charge in [0.15, 0.2) is 0 Å². The van der Waals surface area contributed by atoms with Crippen molar-refractivity contribution in [2.75, 3.05) is 9.80 Å². The van der Waals surface area contributed by atoms with Gasteiger partial charge < -0.3 is 9.80 Å². The van der Waals surface area contributed by atoms with Crippen LogP contribution in [0.3, 0.4) is 0 Å². The van der Waals surface area contributed by atoms with Crippen molar-refractivity contribution >= 4 is 42.0 Å². The summed E-state index contributed by atoms with van der Waals surface area (Å²) in [4.78, 5) is 8.82. The number of hydrogen-bond donors (Lipinski definition) is 0. The van der Waals surface area contributed by atoms with Gasteiger partial charge >= 0.3 is 35.0 Å². The Morgan fingerprint density at radius 1 is 0.509 bits per heavy atom. The van der Waals surface area contributed by atoms with Crippen molar-refractivity contribution < 1.29 is 15.9 Å². The Balaban J connectivity index is 0.000000912. The van der Waals surface area contributed by atoms with Crippen LogP contribution in [-0.2, 0) is 15.9 Å². The average Bonchev–Trinajstić information content (AvgIpc) is 3.67. The number of rotatable bonds is 22. The minimum absolute atomic E-state index is 0.106. The van der Waals surface area contributed by atoms with Gasteiger partial charge in [-0.2, -0.15) is 0 Å². The van der Waals surface area contributed by atoms with Crippen molar-refractivity contribution in [3.8, 4) is 0 Å². The van der Waals surface area contributed by atoms with Gasteiger partial charge in [-0.25, -0.2) is 0 Å². The van der Waals surface area contributed by atoms with E-state index in [1.165, 1.54) is 114 Å². The van der Waals surface area contributed by atoms with E-state index in [9.17, 15) is 0 Å². The zero-order chi connectivity index (χ0) is 40.4. The van der Waals surface area contributed by atoms with Crippen LogP contribution in [0.4, 0.5) is 11.4 Å². The first-order chi connectivity index (χ1) is 26.8. The molecule has 0 spiro atoms. The van der Waals surface area contributed by atoms with Crippen molar-refractivity contribution in [1.29, 1.82) is 0 Å². The number of aromatic nitrogens is 1. The number of nitrogens with zero attached hydrogens (tertiary/aromatic N) is 3. The summed E-state index contributed by atoms with van der Waals surface area (Å²) < 4.78 is 0. The molecule has 3 nitrogen and oxygen atoms in total. The Hall–Kier alpha value is -1.54. The van der Waals surface area contributed by atoms with E-state index in [0.29, 0.717) is 28.7 Å². The predicted octanol–water partition coefficient (Wildman–Crippen LogP) is 17.5. The Morgan fingerprint density at radius 2 is 0.800 bits per heavy atom. The summed E-state index contributed by atoms with van der Waals surface area (Å²) in [6, 6.07) is 18.2. The number of para-hydroxylation sites is 2. The molecule has 0 saturated carbocycles. The van der Waals surface area contributed by atoms with E-state index >= 15 is 0 Å². The normalized spacial score (nSPS) is 12.6. The first-order valence-electron chi connectivity index (χ1n) is 21.6. The second-order valence-electron chi connectivity index (χ2n) is 15.1. The molecule has 312 valence electrons. The van der Waals surface area contributed by atoms with Crippen LogP contribution in [0.5, 0.6) is 0 Å². The number of halogens is 3. The molecule has 0 N–H and O–H groups in total. The Kier molecular flexibility index (Phi) is 26.7. The molecule has 4 rings (SSSR count). The van der Waals surface area contributed by atoms with Gasteiger partial charge in [-0.3, -0.25) is 4.98 Å². The maximum absolute atomic E-state index is 5.48. The Bertz CT molecular complexity index is 1270. The fraction of sp³-hybridized carbons (Fsp3) is 0.583. The zero-order valence-corrected chi connectivity index (χ0v) is 39.2. The van der Waals surface area contributed by atoms with Crippen molar-refractivity contribution in [3.05, 3.63) is 107 Å². The van der Waals surface area contributed by atoms with Crippen molar-refractivity contribution in [2.45, 2.75) is 182 Å². The van der Waals surface area contributed by atoms with Crippen LogP contribution < -0.4 is 9.80 Å². The number of anilines is 2. The SMILES string of the molecule is CCCC(CCC)c1cccc(C(CCC)CCC)c1N1C=CN(c2c(C(CCC)CCC)cccc2C(CCC)CCC)[CH-]1.Clc1cccnc1.[Cl][Pd][Cl]. The molecule has 2 aromatic carbocycles. The first kappa shape index (κ1) is 49.6. The van der Waals surface area contributed by atoms with Crippen LogP contribution in [0.15, 0.2) is 73.3 Å². The van der Waals surface area contributed by atoms with Gasteiger partial charge in [-0.05, 0) is 122 Å². The minimum atomic E-state index is -0.106. The molecule has 0 atom stereocenters. The van der Waals surface area contributed by atoms with E-state index in [1.54, 1.807) is 46.8 Å². The topological polar surface area (TPSA) is 19.4 Å². The summed E-state index contributed by atoms with van der Waals surface area (Å²) in [6.07, 6.45) is 28.0. The summed E-state index contributed by atoms with van der Waals surface area (Å²) in [6.45, 7) is 21.3. The molecule has 0 aliphatic carbocycles. The molecule has 1 aliphatic heterocycles. The molecule has 7 heteroatoms. The van der Waals surface area contributed by atoms with Gasteiger partial charge in [0.2, 0.25) is 0 Å². The Morgan fingerprint density at radius 3 is 1.00 bits per heavy atom. The van der Waals surface area contributed by atoms with E-state index in [0.717, 1.165) is 0 Å². The molecule has 0 bridgehead atoms. The van der Waals surface area contributed by atoms with E-state index in [1.807, 2.05) is 0 Å². The third-order valence-corrected chi connectivity index (χ3v) is 11.1. The van der Waals surface area contributed by atoms with Crippen LogP contribution in [0.2, 0.25) is 5.02 Å². The number of pyridine rings is 1. The van der Waals surface area contributed by atoms with E-state index in [-0.39, 0.29) is 15.9 Å². The molecule has 1 aromatic heterocycles. The molecule has 3 aromatic rings. The van der Waals surface area contributed by atoms with Gasteiger partial charge in [-0.15, -0.1) is 6.67 Å². The fourth-order valence-electron chi connectivity index (χ4n) is 8.64. The molecule has 2 heterocycles. The summed E-state index contributed by atoms with van der Waals surface area (Å²) in [5, 5.41) is 0.683. The molecule has 0 saturated heterocycles. The second-order valence-corrected chi connectivity index (χ2v) is 17.9. The van der Waals surface area contributed by atoms with Crippen LogP contribution in [0.1, 0.15) is 204 Å². The van der Waals surface area contributed by atoms with Crippen LogP contribution in [0, 0.1) is 6.67 Å². The summed E-state index contributed by atoms with van der Waals surface area (Å²) in [5.74, 6) is 2.42. The molecule has 55 heavy (non-hydrogen) atoms. The van der Waals surface area contributed by atoms with Crippen molar-refractivity contribution in [2.24, 2.45) is 0 Å². The van der Waals surface area contributed by atoms with Crippen LogP contribution in [-0.4, -0.2) is 4.98 Å². The molecule has 0 radical (unpaired) electrons. The van der Waals surface area contributed by atoms with Gasteiger partial charge in [-0.1, -0.05) is 155 Å². The summed E-state index contributed by atoms with van der Waals surface area (Å²) in [5.41, 5.74) is 9.21. The molecule has 0 amide bonds. The maximum atomic E-state index is 5.48. The average molecular weight is 905 g/mol. The second kappa shape index (κ2) is 29.6. The number of hydrogen-bond acceptors (Lipinski definition) is 3.